The summed E-state index contributed by atoms with van der Waals surface area (Å²) < 4.78 is 11.0. The number of carbonyl (C=O) groups excluding carboxylic acids is 1. The Kier molecular flexibility index (Phi) is 7.71. The maximum atomic E-state index is 12.4. The van der Waals surface area contributed by atoms with E-state index in [1.807, 2.05) is 30.3 Å². The Morgan fingerprint density at radius 3 is 2.64 bits per heavy atom. The molecular weight excluding hydrogens is 472 g/mol. The van der Waals surface area contributed by atoms with E-state index in [0.29, 0.717) is 35.0 Å². The van der Waals surface area contributed by atoms with Crippen molar-refractivity contribution in [3.05, 3.63) is 84.2 Å². The fourth-order valence-corrected chi connectivity index (χ4v) is 5.20. The average molecular weight is 503 g/mol. The molecule has 1 fully saturated rings. The molecule has 0 spiro atoms. The molecule has 1 aromatic carbocycles. The molecule has 1 saturated carbocycles. The highest BCUT2D eigenvalue weighted by Crippen LogP contribution is 2.30. The first-order valence-corrected chi connectivity index (χ1v) is 13.3. The number of nitrogens with zero attached hydrogens (tertiary/aromatic N) is 3. The molecule has 1 aliphatic carbocycles. The van der Waals surface area contributed by atoms with Gasteiger partial charge in [-0.05, 0) is 37.1 Å². The quantitative estimate of drug-likeness (QED) is 0.212. The summed E-state index contributed by atoms with van der Waals surface area (Å²) in [5.41, 5.74) is 1.97. The van der Waals surface area contributed by atoms with Crippen LogP contribution in [-0.4, -0.2) is 29.0 Å². The van der Waals surface area contributed by atoms with Gasteiger partial charge in [-0.1, -0.05) is 61.4 Å². The van der Waals surface area contributed by atoms with Crippen molar-refractivity contribution in [2.75, 3.05) is 11.9 Å². The molecule has 36 heavy (non-hydrogen) atoms. The second kappa shape index (κ2) is 11.5. The lowest BCUT2D eigenvalue weighted by Crippen LogP contribution is -2.34. The maximum Gasteiger partial charge on any atom is 0.287 e. The number of rotatable bonds is 9. The molecule has 7 nitrogen and oxygen atoms in total. The molecular formula is C28H30N4O3S. The molecule has 0 aliphatic heterocycles. The van der Waals surface area contributed by atoms with E-state index in [1.54, 1.807) is 18.4 Å². The van der Waals surface area contributed by atoms with Gasteiger partial charge in [0.25, 0.3) is 5.91 Å². The van der Waals surface area contributed by atoms with Gasteiger partial charge in [-0.3, -0.25) is 4.79 Å². The molecule has 5 rings (SSSR count). The Labute approximate surface area is 215 Å². The van der Waals surface area contributed by atoms with Crippen molar-refractivity contribution >= 4 is 23.5 Å². The molecule has 1 aliphatic rings. The Bertz CT molecular complexity index is 1270. The van der Waals surface area contributed by atoms with Crippen molar-refractivity contribution in [1.82, 2.24) is 15.3 Å². The molecule has 0 atom stereocenters. The lowest BCUT2D eigenvalue weighted by atomic mass is 9.94. The predicted molar refractivity (Wildman–Crippen MR) is 141 cm³/mol. The van der Waals surface area contributed by atoms with Crippen molar-refractivity contribution in [1.29, 1.82) is 0 Å². The van der Waals surface area contributed by atoms with Crippen molar-refractivity contribution in [3.63, 3.8) is 0 Å². The number of amides is 1. The number of nitrogens with one attached hydrogen (secondary N) is 1. The van der Waals surface area contributed by atoms with Gasteiger partial charge in [0, 0.05) is 24.7 Å². The third kappa shape index (κ3) is 5.99. The standard InChI is InChI=1S/C28H30N4O3S/c1-32(21-11-6-3-7-12-21)26-17-24(20-9-4-2-5-10-20)30-28(31-26)36-19-23-14-15-25(35-23)27(33)29-18-22-13-8-16-34-22/h2,4-5,8-10,13-17,21H,3,6-7,11-12,18-19H2,1H3,(H,29,33). The fraction of sp³-hybridized carbons (Fsp3) is 0.321. The number of anilines is 1. The van der Waals surface area contributed by atoms with Gasteiger partial charge in [-0.15, -0.1) is 0 Å². The highest BCUT2D eigenvalue weighted by Gasteiger charge is 2.21. The van der Waals surface area contributed by atoms with E-state index in [2.05, 4.69) is 35.5 Å². The zero-order valence-electron chi connectivity index (χ0n) is 20.4. The number of benzene rings is 1. The predicted octanol–water partition coefficient (Wildman–Crippen LogP) is 6.32. The van der Waals surface area contributed by atoms with E-state index in [9.17, 15) is 4.79 Å². The first-order valence-electron chi connectivity index (χ1n) is 12.3. The fourth-order valence-electron chi connectivity index (χ4n) is 4.45. The van der Waals surface area contributed by atoms with Crippen molar-refractivity contribution in [2.45, 2.75) is 55.6 Å². The van der Waals surface area contributed by atoms with E-state index in [0.717, 1.165) is 17.1 Å². The Balaban J connectivity index is 1.29. The van der Waals surface area contributed by atoms with Crippen LogP contribution < -0.4 is 10.2 Å². The van der Waals surface area contributed by atoms with Gasteiger partial charge >= 0.3 is 0 Å². The maximum absolute atomic E-state index is 12.4. The molecule has 8 heteroatoms. The summed E-state index contributed by atoms with van der Waals surface area (Å²) in [4.78, 5) is 24.5. The second-order valence-corrected chi connectivity index (χ2v) is 9.92. The van der Waals surface area contributed by atoms with Crippen LogP contribution in [0.1, 0.15) is 54.2 Å². The van der Waals surface area contributed by atoms with Crippen LogP contribution in [0.15, 0.2) is 80.9 Å². The summed E-state index contributed by atoms with van der Waals surface area (Å²) in [5, 5.41) is 3.49. The molecule has 0 unspecified atom stereocenters. The van der Waals surface area contributed by atoms with E-state index >= 15 is 0 Å². The van der Waals surface area contributed by atoms with E-state index in [-0.39, 0.29) is 11.7 Å². The number of carbonyl (C=O) groups is 1. The zero-order valence-corrected chi connectivity index (χ0v) is 21.2. The summed E-state index contributed by atoms with van der Waals surface area (Å²) in [6.07, 6.45) is 7.82. The van der Waals surface area contributed by atoms with Crippen LogP contribution in [0, 0.1) is 0 Å². The van der Waals surface area contributed by atoms with Gasteiger partial charge in [0.15, 0.2) is 10.9 Å². The van der Waals surface area contributed by atoms with Gasteiger partial charge in [0.1, 0.15) is 17.3 Å². The first kappa shape index (κ1) is 24.2. The van der Waals surface area contributed by atoms with E-state index < -0.39 is 0 Å². The Morgan fingerprint density at radius 2 is 1.86 bits per heavy atom. The van der Waals surface area contributed by atoms with Crippen molar-refractivity contribution < 1.29 is 13.6 Å². The van der Waals surface area contributed by atoms with Crippen molar-refractivity contribution in [2.24, 2.45) is 0 Å². The molecule has 0 bridgehead atoms. The highest BCUT2D eigenvalue weighted by atomic mass is 32.2. The number of hydrogen-bond acceptors (Lipinski definition) is 7. The molecule has 186 valence electrons. The van der Waals surface area contributed by atoms with Crippen LogP contribution in [0.3, 0.4) is 0 Å². The third-order valence-electron chi connectivity index (χ3n) is 6.48. The molecule has 1 amide bonds. The minimum Gasteiger partial charge on any atom is -0.467 e. The molecule has 3 aromatic heterocycles. The third-order valence-corrected chi connectivity index (χ3v) is 7.35. The minimum atomic E-state index is -0.277. The lowest BCUT2D eigenvalue weighted by molar-refractivity contribution is 0.0919. The van der Waals surface area contributed by atoms with Crippen LogP contribution in [0.5, 0.6) is 0 Å². The van der Waals surface area contributed by atoms with E-state index in [1.165, 1.54) is 43.9 Å². The molecule has 3 heterocycles. The van der Waals surface area contributed by atoms with Crippen LogP contribution in [-0.2, 0) is 12.3 Å². The number of aromatic nitrogens is 2. The normalized spacial score (nSPS) is 14.0. The smallest absolute Gasteiger partial charge is 0.287 e. The first-order chi connectivity index (χ1) is 17.7. The topological polar surface area (TPSA) is 84.4 Å². The molecule has 1 N–H and O–H groups in total. The summed E-state index contributed by atoms with van der Waals surface area (Å²) in [5.74, 6) is 2.84. The Hall–Kier alpha value is -3.52. The van der Waals surface area contributed by atoms with Crippen LogP contribution in [0.4, 0.5) is 5.82 Å². The molecule has 4 aromatic rings. The van der Waals surface area contributed by atoms with Gasteiger partial charge < -0.3 is 19.1 Å². The number of thioether (sulfide) groups is 1. The van der Waals surface area contributed by atoms with Crippen LogP contribution >= 0.6 is 11.8 Å². The number of furan rings is 2. The lowest BCUT2D eigenvalue weighted by Gasteiger charge is -2.32. The average Bonchev–Trinajstić information content (AvgIpc) is 3.64. The summed E-state index contributed by atoms with van der Waals surface area (Å²) in [6, 6.07) is 19.9. The zero-order chi connectivity index (χ0) is 24.7. The summed E-state index contributed by atoms with van der Waals surface area (Å²) in [6.45, 7) is 0.314. The largest absolute Gasteiger partial charge is 0.467 e. The highest BCUT2D eigenvalue weighted by molar-refractivity contribution is 7.98. The van der Waals surface area contributed by atoms with Crippen molar-refractivity contribution in [3.8, 4) is 11.3 Å². The summed E-state index contributed by atoms with van der Waals surface area (Å²) in [7, 11) is 2.14. The van der Waals surface area contributed by atoms with Gasteiger partial charge in [-0.2, -0.15) is 0 Å². The van der Waals surface area contributed by atoms with Gasteiger partial charge in [0.2, 0.25) is 0 Å². The second-order valence-electron chi connectivity index (χ2n) is 8.98. The molecule has 0 radical (unpaired) electrons. The summed E-state index contributed by atoms with van der Waals surface area (Å²) >= 11 is 1.51. The SMILES string of the molecule is CN(c1cc(-c2ccccc2)nc(SCc2ccc(C(=O)NCc3ccco3)o2)n1)C1CCCCC1. The Morgan fingerprint density at radius 1 is 1.03 bits per heavy atom. The monoisotopic (exact) mass is 502 g/mol. The minimum absolute atomic E-state index is 0.272. The van der Waals surface area contributed by atoms with Crippen LogP contribution in [0.25, 0.3) is 11.3 Å². The van der Waals surface area contributed by atoms with E-state index in [4.69, 9.17) is 18.8 Å². The number of hydrogen-bond donors (Lipinski definition) is 1. The van der Waals surface area contributed by atoms with Gasteiger partial charge in [-0.25, -0.2) is 9.97 Å². The van der Waals surface area contributed by atoms with Crippen LogP contribution in [0.2, 0.25) is 0 Å². The molecule has 0 saturated heterocycles. The van der Waals surface area contributed by atoms with Gasteiger partial charge in [0.05, 0.1) is 24.3 Å².